The van der Waals surface area contributed by atoms with E-state index in [1.54, 1.807) is 0 Å². The van der Waals surface area contributed by atoms with E-state index in [-0.39, 0.29) is 18.0 Å². The van der Waals surface area contributed by atoms with Gasteiger partial charge in [0.1, 0.15) is 6.10 Å². The average Bonchev–Trinajstić information content (AvgIpc) is 3.09. The van der Waals surface area contributed by atoms with Crippen molar-refractivity contribution in [3.63, 3.8) is 0 Å². The molecular formula is C15H24O3. The minimum absolute atomic E-state index is 0.0372. The van der Waals surface area contributed by atoms with Gasteiger partial charge in [0.15, 0.2) is 0 Å². The first-order chi connectivity index (χ1) is 8.65. The van der Waals surface area contributed by atoms with Gasteiger partial charge in [-0.3, -0.25) is 4.79 Å². The number of hydrogen-bond donors (Lipinski definition) is 0. The summed E-state index contributed by atoms with van der Waals surface area (Å²) in [6.45, 7) is 4.37. The highest BCUT2D eigenvalue weighted by molar-refractivity contribution is 5.73. The van der Waals surface area contributed by atoms with Crippen molar-refractivity contribution in [2.75, 3.05) is 0 Å². The van der Waals surface area contributed by atoms with E-state index in [1.165, 1.54) is 19.3 Å². The van der Waals surface area contributed by atoms with Crippen LogP contribution < -0.4 is 0 Å². The van der Waals surface area contributed by atoms with Crippen LogP contribution in [0.1, 0.15) is 52.4 Å². The van der Waals surface area contributed by atoms with E-state index in [2.05, 4.69) is 13.8 Å². The lowest BCUT2D eigenvalue weighted by Crippen LogP contribution is -2.35. The molecule has 3 rings (SSSR count). The number of ether oxygens (including phenoxy) is 2. The van der Waals surface area contributed by atoms with Crippen LogP contribution in [0.4, 0.5) is 0 Å². The summed E-state index contributed by atoms with van der Waals surface area (Å²) in [5, 5.41) is 0. The fraction of sp³-hybridized carbons (Fsp3) is 0.933. The maximum Gasteiger partial charge on any atom is 0.309 e. The van der Waals surface area contributed by atoms with Crippen LogP contribution in [-0.2, 0) is 14.3 Å². The maximum absolute atomic E-state index is 12.3. The smallest absolute Gasteiger partial charge is 0.309 e. The first-order valence-electron chi connectivity index (χ1n) is 7.51. The van der Waals surface area contributed by atoms with Crippen LogP contribution in [0.3, 0.4) is 0 Å². The van der Waals surface area contributed by atoms with Crippen molar-refractivity contribution < 1.29 is 14.3 Å². The van der Waals surface area contributed by atoms with Gasteiger partial charge in [-0.1, -0.05) is 20.3 Å². The summed E-state index contributed by atoms with van der Waals surface area (Å²) >= 11 is 0. The summed E-state index contributed by atoms with van der Waals surface area (Å²) in [7, 11) is 0. The lowest BCUT2D eigenvalue weighted by molar-refractivity contribution is -0.161. The molecule has 1 heterocycles. The average molecular weight is 252 g/mol. The molecule has 0 amide bonds. The number of hydrogen-bond acceptors (Lipinski definition) is 3. The van der Waals surface area contributed by atoms with Gasteiger partial charge in [0.2, 0.25) is 0 Å². The molecule has 0 N–H and O–H groups in total. The van der Waals surface area contributed by atoms with Crippen molar-refractivity contribution in [1.82, 2.24) is 0 Å². The lowest BCUT2D eigenvalue weighted by atomic mass is 9.80. The molecule has 3 fully saturated rings. The Kier molecular flexibility index (Phi) is 3.35. The maximum atomic E-state index is 12.3. The third-order valence-electron chi connectivity index (χ3n) is 5.07. The first-order valence-corrected chi connectivity index (χ1v) is 7.51. The topological polar surface area (TPSA) is 38.8 Å². The van der Waals surface area contributed by atoms with Gasteiger partial charge >= 0.3 is 5.97 Å². The quantitative estimate of drug-likeness (QED) is 0.560. The zero-order valence-corrected chi connectivity index (χ0v) is 11.4. The Hall–Kier alpha value is -0.570. The number of carbonyl (C=O) groups excluding carboxylic acids is 1. The Labute approximate surface area is 109 Å². The second-order valence-electron chi connectivity index (χ2n) is 6.51. The summed E-state index contributed by atoms with van der Waals surface area (Å²) < 4.78 is 11.3. The van der Waals surface area contributed by atoms with Crippen molar-refractivity contribution >= 4 is 5.97 Å². The molecule has 6 unspecified atom stereocenters. The van der Waals surface area contributed by atoms with Gasteiger partial charge in [-0.15, -0.1) is 0 Å². The molecule has 3 heteroatoms. The van der Waals surface area contributed by atoms with Crippen LogP contribution in [0.15, 0.2) is 0 Å². The van der Waals surface area contributed by atoms with Gasteiger partial charge in [0.05, 0.1) is 18.1 Å². The van der Waals surface area contributed by atoms with E-state index in [4.69, 9.17) is 9.47 Å². The monoisotopic (exact) mass is 252 g/mol. The molecule has 102 valence electrons. The van der Waals surface area contributed by atoms with Crippen molar-refractivity contribution in [1.29, 1.82) is 0 Å². The number of epoxide rings is 1. The summed E-state index contributed by atoms with van der Waals surface area (Å²) in [5.41, 5.74) is 0. The SMILES string of the molecule is CC1CCCCC1OC(=O)C1CC2OC2CC1C. The predicted octanol–water partition coefficient (Wildman–Crippen LogP) is 2.92. The van der Waals surface area contributed by atoms with Crippen LogP contribution in [0.25, 0.3) is 0 Å². The van der Waals surface area contributed by atoms with Crippen molar-refractivity contribution in [2.24, 2.45) is 17.8 Å². The van der Waals surface area contributed by atoms with Gasteiger partial charge in [0.25, 0.3) is 0 Å². The highest BCUT2D eigenvalue weighted by atomic mass is 16.6. The molecule has 0 radical (unpaired) electrons. The van der Waals surface area contributed by atoms with E-state index in [0.29, 0.717) is 24.0 Å². The third kappa shape index (κ3) is 2.42. The molecule has 0 aromatic rings. The van der Waals surface area contributed by atoms with Gasteiger partial charge in [-0.2, -0.15) is 0 Å². The standard InChI is InChI=1S/C15H24O3/c1-9-5-3-4-6-12(9)18-15(16)11-8-14-13(17-14)7-10(11)2/h9-14H,3-8H2,1-2H3. The fourth-order valence-corrected chi connectivity index (χ4v) is 3.63. The molecule has 0 aromatic heterocycles. The molecule has 2 aliphatic carbocycles. The lowest BCUT2D eigenvalue weighted by Gasteiger charge is -2.31. The van der Waals surface area contributed by atoms with Gasteiger partial charge < -0.3 is 9.47 Å². The Morgan fingerprint density at radius 3 is 2.56 bits per heavy atom. The highest BCUT2D eigenvalue weighted by Crippen LogP contribution is 2.43. The van der Waals surface area contributed by atoms with Crippen LogP contribution in [0.5, 0.6) is 0 Å². The Balaban J connectivity index is 1.56. The Morgan fingerprint density at radius 2 is 1.78 bits per heavy atom. The number of fused-ring (bicyclic) bond motifs is 1. The molecule has 6 atom stereocenters. The minimum atomic E-state index is 0.0372. The number of rotatable bonds is 2. The zero-order valence-electron chi connectivity index (χ0n) is 11.4. The van der Waals surface area contributed by atoms with E-state index >= 15 is 0 Å². The third-order valence-corrected chi connectivity index (χ3v) is 5.07. The van der Waals surface area contributed by atoms with Crippen LogP contribution >= 0.6 is 0 Å². The van der Waals surface area contributed by atoms with Gasteiger partial charge in [-0.25, -0.2) is 0 Å². The van der Waals surface area contributed by atoms with Gasteiger partial charge in [-0.05, 0) is 43.9 Å². The van der Waals surface area contributed by atoms with E-state index in [1.807, 2.05) is 0 Å². The molecular weight excluding hydrogens is 228 g/mol. The highest BCUT2D eigenvalue weighted by Gasteiger charge is 2.49. The second-order valence-corrected chi connectivity index (χ2v) is 6.51. The second kappa shape index (κ2) is 4.84. The normalized spacial score (nSPS) is 47.2. The molecule has 3 aliphatic rings. The van der Waals surface area contributed by atoms with Crippen molar-refractivity contribution in [3.8, 4) is 0 Å². The zero-order chi connectivity index (χ0) is 12.7. The van der Waals surface area contributed by atoms with E-state index < -0.39 is 0 Å². The van der Waals surface area contributed by atoms with Crippen LogP contribution in [-0.4, -0.2) is 24.3 Å². The Morgan fingerprint density at radius 1 is 1.06 bits per heavy atom. The molecule has 18 heavy (non-hydrogen) atoms. The number of carbonyl (C=O) groups is 1. The summed E-state index contributed by atoms with van der Waals surface area (Å²) in [6.07, 6.45) is 7.61. The minimum Gasteiger partial charge on any atom is -0.462 e. The molecule has 0 aromatic carbocycles. The summed E-state index contributed by atoms with van der Waals surface area (Å²) in [6, 6.07) is 0. The fourth-order valence-electron chi connectivity index (χ4n) is 3.63. The molecule has 0 spiro atoms. The molecule has 3 nitrogen and oxygen atoms in total. The van der Waals surface area contributed by atoms with Crippen LogP contribution in [0.2, 0.25) is 0 Å². The summed E-state index contributed by atoms with van der Waals surface area (Å²) in [5.74, 6) is 1.06. The van der Waals surface area contributed by atoms with Gasteiger partial charge in [0, 0.05) is 0 Å². The number of esters is 1. The van der Waals surface area contributed by atoms with E-state index in [9.17, 15) is 4.79 Å². The van der Waals surface area contributed by atoms with Crippen LogP contribution in [0, 0.1) is 17.8 Å². The van der Waals surface area contributed by atoms with Crippen molar-refractivity contribution in [3.05, 3.63) is 0 Å². The predicted molar refractivity (Wildman–Crippen MR) is 68.1 cm³/mol. The van der Waals surface area contributed by atoms with Crippen molar-refractivity contribution in [2.45, 2.75) is 70.7 Å². The Bertz CT molecular complexity index is 328. The molecule has 0 bridgehead atoms. The van der Waals surface area contributed by atoms with E-state index in [0.717, 1.165) is 19.3 Å². The first kappa shape index (κ1) is 12.5. The molecule has 1 saturated heterocycles. The largest absolute Gasteiger partial charge is 0.462 e. The summed E-state index contributed by atoms with van der Waals surface area (Å²) in [4.78, 5) is 12.3. The molecule has 2 saturated carbocycles. The molecule has 1 aliphatic heterocycles.